The fourth-order valence-corrected chi connectivity index (χ4v) is 2.07. The van der Waals surface area contributed by atoms with E-state index in [2.05, 4.69) is 9.97 Å². The molecule has 0 radical (unpaired) electrons. The Hall–Kier alpha value is -2.10. The first-order valence-corrected chi connectivity index (χ1v) is 5.56. The van der Waals surface area contributed by atoms with Gasteiger partial charge in [0.15, 0.2) is 0 Å². The molecule has 4 heteroatoms. The molecule has 0 saturated carbocycles. The molecule has 0 bridgehead atoms. The van der Waals surface area contributed by atoms with Gasteiger partial charge in [0.25, 0.3) is 5.56 Å². The van der Waals surface area contributed by atoms with Gasteiger partial charge in [0.05, 0.1) is 12.3 Å². The maximum atomic E-state index is 11.4. The number of aromatic amines is 1. The first-order chi connectivity index (χ1) is 8.22. The summed E-state index contributed by atoms with van der Waals surface area (Å²) in [6, 6.07) is 7.44. The minimum atomic E-state index is -0.121. The van der Waals surface area contributed by atoms with Crippen molar-refractivity contribution in [2.45, 2.75) is 13.3 Å². The van der Waals surface area contributed by atoms with E-state index in [1.807, 2.05) is 18.2 Å². The van der Waals surface area contributed by atoms with Gasteiger partial charge in [-0.15, -0.1) is 0 Å². The number of H-pyrrole nitrogens is 1. The third-order valence-electron chi connectivity index (χ3n) is 2.85. The average molecular weight is 228 g/mol. The van der Waals surface area contributed by atoms with E-state index in [1.54, 1.807) is 6.92 Å². The van der Waals surface area contributed by atoms with Crippen LogP contribution in [-0.4, -0.2) is 16.6 Å². The topological polar surface area (TPSA) is 55.0 Å². The van der Waals surface area contributed by atoms with Gasteiger partial charge >= 0.3 is 0 Å². The van der Waals surface area contributed by atoms with Gasteiger partial charge in [-0.25, -0.2) is 4.98 Å². The molecule has 2 heterocycles. The van der Waals surface area contributed by atoms with Gasteiger partial charge in [0.2, 0.25) is 0 Å². The lowest BCUT2D eigenvalue weighted by atomic mass is 10.1. The Morgan fingerprint density at radius 2 is 2.24 bits per heavy atom. The quantitative estimate of drug-likeness (QED) is 0.808. The molecule has 1 aliphatic heterocycles. The van der Waals surface area contributed by atoms with Gasteiger partial charge < -0.3 is 9.72 Å². The van der Waals surface area contributed by atoms with Crippen molar-refractivity contribution < 1.29 is 4.74 Å². The zero-order valence-electron chi connectivity index (χ0n) is 9.49. The molecule has 1 N–H and O–H groups in total. The minimum absolute atomic E-state index is 0.121. The summed E-state index contributed by atoms with van der Waals surface area (Å²) in [4.78, 5) is 18.4. The van der Waals surface area contributed by atoms with Crippen molar-refractivity contribution in [1.82, 2.24) is 9.97 Å². The summed E-state index contributed by atoms with van der Waals surface area (Å²) in [6.07, 6.45) is 0.922. The molecule has 0 fully saturated rings. The fourth-order valence-electron chi connectivity index (χ4n) is 2.07. The van der Waals surface area contributed by atoms with E-state index in [0.29, 0.717) is 11.5 Å². The molecule has 0 saturated heterocycles. The zero-order valence-corrected chi connectivity index (χ0v) is 9.49. The van der Waals surface area contributed by atoms with Gasteiger partial charge in [-0.1, -0.05) is 0 Å². The second-order valence-electron chi connectivity index (χ2n) is 4.14. The molecule has 0 unspecified atom stereocenters. The third-order valence-corrected chi connectivity index (χ3v) is 2.85. The number of rotatable bonds is 1. The fraction of sp³-hybridized carbons (Fsp3) is 0.231. The van der Waals surface area contributed by atoms with E-state index < -0.39 is 0 Å². The average Bonchev–Trinajstić information content (AvgIpc) is 2.74. The van der Waals surface area contributed by atoms with Crippen molar-refractivity contribution in [3.8, 4) is 17.0 Å². The van der Waals surface area contributed by atoms with E-state index >= 15 is 0 Å². The number of aromatic nitrogens is 2. The van der Waals surface area contributed by atoms with Gasteiger partial charge in [0, 0.05) is 18.1 Å². The Balaban J connectivity index is 2.12. The normalized spacial score (nSPS) is 13.2. The Bertz CT molecular complexity index is 632. The molecule has 1 aliphatic rings. The van der Waals surface area contributed by atoms with E-state index in [-0.39, 0.29) is 5.56 Å². The lowest BCUT2D eigenvalue weighted by molar-refractivity contribution is 0.357. The Morgan fingerprint density at radius 1 is 1.35 bits per heavy atom. The number of nitrogens with zero attached hydrogens (tertiary/aromatic N) is 1. The molecule has 17 heavy (non-hydrogen) atoms. The molecule has 1 aromatic carbocycles. The van der Waals surface area contributed by atoms with E-state index in [4.69, 9.17) is 4.74 Å². The van der Waals surface area contributed by atoms with Crippen LogP contribution in [0.3, 0.4) is 0 Å². The minimum Gasteiger partial charge on any atom is -0.493 e. The van der Waals surface area contributed by atoms with E-state index in [1.165, 1.54) is 11.6 Å². The van der Waals surface area contributed by atoms with Gasteiger partial charge in [-0.2, -0.15) is 0 Å². The zero-order chi connectivity index (χ0) is 11.8. The lowest BCUT2D eigenvalue weighted by Crippen LogP contribution is -2.08. The molecule has 0 atom stereocenters. The predicted octanol–water partition coefficient (Wildman–Crippen LogP) is 1.68. The number of fused-ring (bicyclic) bond motifs is 1. The van der Waals surface area contributed by atoms with Crippen LogP contribution in [0.15, 0.2) is 29.1 Å². The summed E-state index contributed by atoms with van der Waals surface area (Å²) >= 11 is 0. The number of hydrogen-bond acceptors (Lipinski definition) is 3. The van der Waals surface area contributed by atoms with Crippen LogP contribution in [0.25, 0.3) is 11.3 Å². The molecule has 0 amide bonds. The number of ether oxygens (including phenoxy) is 1. The highest BCUT2D eigenvalue weighted by atomic mass is 16.5. The highest BCUT2D eigenvalue weighted by Gasteiger charge is 2.13. The SMILES string of the molecule is Cc1nc(-c2ccc3c(c2)CCO3)cc(=O)[nH]1. The highest BCUT2D eigenvalue weighted by molar-refractivity contribution is 5.62. The van der Waals surface area contributed by atoms with Gasteiger partial charge in [-0.05, 0) is 30.7 Å². The summed E-state index contributed by atoms with van der Waals surface area (Å²) < 4.78 is 5.45. The van der Waals surface area contributed by atoms with Crippen molar-refractivity contribution in [2.75, 3.05) is 6.61 Å². The first-order valence-electron chi connectivity index (χ1n) is 5.56. The van der Waals surface area contributed by atoms with Crippen LogP contribution in [0.2, 0.25) is 0 Å². The number of benzene rings is 1. The molecule has 0 spiro atoms. The smallest absolute Gasteiger partial charge is 0.251 e. The standard InChI is InChI=1S/C13H12N2O2/c1-8-14-11(7-13(16)15-8)9-2-3-12-10(6-9)4-5-17-12/h2-3,6-7H,4-5H2,1H3,(H,14,15,16). The van der Waals surface area contributed by atoms with E-state index in [9.17, 15) is 4.79 Å². The predicted molar refractivity (Wildman–Crippen MR) is 64.2 cm³/mol. The lowest BCUT2D eigenvalue weighted by Gasteiger charge is -2.04. The van der Waals surface area contributed by atoms with Crippen LogP contribution >= 0.6 is 0 Å². The van der Waals surface area contributed by atoms with Crippen molar-refractivity contribution in [3.05, 3.63) is 46.0 Å². The molecule has 0 aliphatic carbocycles. The third kappa shape index (κ3) is 1.82. The van der Waals surface area contributed by atoms with Crippen LogP contribution in [0.1, 0.15) is 11.4 Å². The number of nitrogens with one attached hydrogen (secondary N) is 1. The van der Waals surface area contributed by atoms with E-state index in [0.717, 1.165) is 24.3 Å². The van der Waals surface area contributed by atoms with Crippen LogP contribution in [0.5, 0.6) is 5.75 Å². The van der Waals surface area contributed by atoms with Crippen molar-refractivity contribution in [1.29, 1.82) is 0 Å². The van der Waals surface area contributed by atoms with Crippen molar-refractivity contribution in [3.63, 3.8) is 0 Å². The van der Waals surface area contributed by atoms with Crippen LogP contribution < -0.4 is 10.3 Å². The van der Waals surface area contributed by atoms with Crippen LogP contribution in [0.4, 0.5) is 0 Å². The molecule has 3 rings (SSSR count). The van der Waals surface area contributed by atoms with Gasteiger partial charge in [-0.3, -0.25) is 4.79 Å². The van der Waals surface area contributed by atoms with Crippen LogP contribution in [-0.2, 0) is 6.42 Å². The summed E-state index contributed by atoms with van der Waals surface area (Å²) in [6.45, 7) is 2.52. The molecule has 4 nitrogen and oxygen atoms in total. The number of hydrogen-bond donors (Lipinski definition) is 1. The maximum absolute atomic E-state index is 11.4. The van der Waals surface area contributed by atoms with Crippen molar-refractivity contribution >= 4 is 0 Å². The largest absolute Gasteiger partial charge is 0.493 e. The molecule has 2 aromatic rings. The maximum Gasteiger partial charge on any atom is 0.251 e. The Labute approximate surface area is 98.3 Å². The Morgan fingerprint density at radius 3 is 3.06 bits per heavy atom. The molecular weight excluding hydrogens is 216 g/mol. The summed E-state index contributed by atoms with van der Waals surface area (Å²) in [5.41, 5.74) is 2.73. The summed E-state index contributed by atoms with van der Waals surface area (Å²) in [7, 11) is 0. The second kappa shape index (κ2) is 3.73. The summed E-state index contributed by atoms with van der Waals surface area (Å²) in [5.74, 6) is 1.57. The summed E-state index contributed by atoms with van der Waals surface area (Å²) in [5, 5.41) is 0. The van der Waals surface area contributed by atoms with Crippen LogP contribution in [0, 0.1) is 6.92 Å². The Kier molecular flexibility index (Phi) is 2.21. The monoisotopic (exact) mass is 228 g/mol. The first kappa shape index (κ1) is 10.1. The molecule has 86 valence electrons. The highest BCUT2D eigenvalue weighted by Crippen LogP contribution is 2.29. The second-order valence-corrected chi connectivity index (χ2v) is 4.14. The van der Waals surface area contributed by atoms with Gasteiger partial charge in [0.1, 0.15) is 11.6 Å². The number of aryl methyl sites for hydroxylation is 1. The molecule has 1 aromatic heterocycles. The molecular formula is C13H12N2O2. The van der Waals surface area contributed by atoms with Crippen molar-refractivity contribution in [2.24, 2.45) is 0 Å².